The molecule has 2 aromatic heterocycles. The van der Waals surface area contributed by atoms with Gasteiger partial charge in [-0.3, -0.25) is 4.79 Å². The van der Waals surface area contributed by atoms with Crippen molar-refractivity contribution in [3.8, 4) is 22.8 Å². The third kappa shape index (κ3) is 7.47. The molecular weight excluding hydrogens is 585 g/mol. The molecule has 0 bridgehead atoms. The van der Waals surface area contributed by atoms with Crippen LogP contribution in [0.25, 0.3) is 11.3 Å². The zero-order valence-electron chi connectivity index (χ0n) is 24.6. The van der Waals surface area contributed by atoms with Crippen LogP contribution < -0.4 is 25.4 Å². The van der Waals surface area contributed by atoms with Gasteiger partial charge in [0, 0.05) is 52.9 Å². The maximum absolute atomic E-state index is 13.1. The van der Waals surface area contributed by atoms with Crippen molar-refractivity contribution in [3.63, 3.8) is 0 Å². The van der Waals surface area contributed by atoms with Gasteiger partial charge in [-0.15, -0.1) is 0 Å². The number of carbonyl (C=O) groups excluding carboxylic acids is 1. The number of nitrogens with zero attached hydrogens (tertiary/aromatic N) is 3. The average Bonchev–Trinajstić information content (AvgIpc) is 3.05. The molecule has 0 unspecified atom stereocenters. The zero-order chi connectivity index (χ0) is 32.0. The van der Waals surface area contributed by atoms with Crippen LogP contribution in [-0.4, -0.2) is 35.1 Å². The van der Waals surface area contributed by atoms with Crippen LogP contribution in [0, 0.1) is 6.92 Å². The normalized spacial score (nSPS) is 11.1. The number of halogens is 3. The number of benzene rings is 3. The number of alkyl halides is 3. The number of anilines is 4. The summed E-state index contributed by atoms with van der Waals surface area (Å²) in [6.07, 6.45) is -1.46. The molecule has 230 valence electrons. The number of ether oxygens (including phenoxy) is 2. The fourth-order valence-corrected chi connectivity index (χ4v) is 4.50. The van der Waals surface area contributed by atoms with Gasteiger partial charge in [0.1, 0.15) is 29.5 Å². The molecule has 1 amide bonds. The summed E-state index contributed by atoms with van der Waals surface area (Å²) in [5.74, 6) is 1.79. The molecule has 0 saturated carbocycles. The van der Waals surface area contributed by atoms with Gasteiger partial charge in [0.2, 0.25) is 0 Å². The number of carbonyl (C=O) groups is 1. The van der Waals surface area contributed by atoms with Crippen molar-refractivity contribution >= 4 is 28.9 Å². The molecule has 5 rings (SSSR count). The highest BCUT2D eigenvalue weighted by Crippen LogP contribution is 2.32. The summed E-state index contributed by atoms with van der Waals surface area (Å²) in [4.78, 5) is 26.1. The molecule has 3 aromatic carbocycles. The van der Waals surface area contributed by atoms with Crippen LogP contribution in [-0.2, 0) is 12.7 Å². The number of aryl methyl sites for hydroxylation is 1. The second-order valence-electron chi connectivity index (χ2n) is 9.91. The van der Waals surface area contributed by atoms with Crippen LogP contribution in [0.3, 0.4) is 0 Å². The molecule has 2 heterocycles. The molecule has 0 atom stereocenters. The molecule has 0 fully saturated rings. The minimum Gasteiger partial charge on any atom is -0.497 e. The van der Waals surface area contributed by atoms with Gasteiger partial charge in [-0.1, -0.05) is 12.1 Å². The van der Waals surface area contributed by atoms with Crippen molar-refractivity contribution in [1.82, 2.24) is 15.0 Å². The lowest BCUT2D eigenvalue weighted by atomic mass is 10.1. The first-order chi connectivity index (χ1) is 21.6. The van der Waals surface area contributed by atoms with Gasteiger partial charge in [0.05, 0.1) is 25.5 Å². The number of nitrogens with one attached hydrogen (secondary N) is 3. The fraction of sp³-hybridized carbons (Fsp3) is 0.152. The van der Waals surface area contributed by atoms with Crippen molar-refractivity contribution < 1.29 is 27.4 Å². The first-order valence-corrected chi connectivity index (χ1v) is 13.7. The third-order valence-corrected chi connectivity index (χ3v) is 6.91. The van der Waals surface area contributed by atoms with Crippen LogP contribution in [0.2, 0.25) is 0 Å². The number of methoxy groups -OCH3 is 2. The smallest absolute Gasteiger partial charge is 0.416 e. The van der Waals surface area contributed by atoms with E-state index >= 15 is 0 Å². The average molecular weight is 615 g/mol. The lowest BCUT2D eigenvalue weighted by Gasteiger charge is -2.15. The van der Waals surface area contributed by atoms with Gasteiger partial charge in [-0.05, 0) is 67.1 Å². The predicted octanol–water partition coefficient (Wildman–Crippen LogP) is 7.49. The number of hydrogen-bond acceptors (Lipinski definition) is 8. The van der Waals surface area contributed by atoms with Crippen LogP contribution in [0.1, 0.15) is 27.0 Å². The van der Waals surface area contributed by atoms with E-state index in [2.05, 4.69) is 30.9 Å². The lowest BCUT2D eigenvalue weighted by molar-refractivity contribution is -0.137. The van der Waals surface area contributed by atoms with Crippen LogP contribution in [0.5, 0.6) is 11.5 Å². The minimum atomic E-state index is -4.55. The van der Waals surface area contributed by atoms with E-state index in [0.717, 1.165) is 23.3 Å². The topological polar surface area (TPSA) is 110 Å². The summed E-state index contributed by atoms with van der Waals surface area (Å²) in [7, 11) is 3.19. The molecule has 0 spiro atoms. The maximum atomic E-state index is 13.1. The van der Waals surface area contributed by atoms with Gasteiger partial charge in [-0.25, -0.2) is 15.0 Å². The van der Waals surface area contributed by atoms with Gasteiger partial charge < -0.3 is 25.4 Å². The molecule has 5 aromatic rings. The third-order valence-electron chi connectivity index (χ3n) is 6.91. The van der Waals surface area contributed by atoms with Crippen molar-refractivity contribution in [3.05, 3.63) is 114 Å². The highest BCUT2D eigenvalue weighted by atomic mass is 19.4. The molecule has 0 aliphatic rings. The molecule has 0 aliphatic carbocycles. The Kier molecular flexibility index (Phi) is 9.12. The predicted molar refractivity (Wildman–Crippen MR) is 166 cm³/mol. The Bertz CT molecular complexity index is 1830. The van der Waals surface area contributed by atoms with E-state index in [-0.39, 0.29) is 5.56 Å². The van der Waals surface area contributed by atoms with E-state index in [4.69, 9.17) is 9.47 Å². The number of hydrogen-bond donors (Lipinski definition) is 3. The Labute approximate surface area is 257 Å². The summed E-state index contributed by atoms with van der Waals surface area (Å²) in [5, 5.41) is 9.28. The monoisotopic (exact) mass is 614 g/mol. The number of amides is 1. The summed E-state index contributed by atoms with van der Waals surface area (Å²) in [6, 6.07) is 20.4. The summed E-state index contributed by atoms with van der Waals surface area (Å²) >= 11 is 0. The highest BCUT2D eigenvalue weighted by molar-refractivity contribution is 6.04. The van der Waals surface area contributed by atoms with Crippen molar-refractivity contribution in [2.75, 3.05) is 30.2 Å². The Morgan fingerprint density at radius 2 is 1.73 bits per heavy atom. The largest absolute Gasteiger partial charge is 0.497 e. The highest BCUT2D eigenvalue weighted by Gasteiger charge is 2.31. The van der Waals surface area contributed by atoms with E-state index in [1.807, 2.05) is 31.2 Å². The van der Waals surface area contributed by atoms with E-state index in [1.54, 1.807) is 50.7 Å². The first kappa shape index (κ1) is 30.8. The van der Waals surface area contributed by atoms with E-state index in [1.165, 1.54) is 18.5 Å². The molecular formula is C33H29F3N6O3. The number of aromatic nitrogens is 3. The second-order valence-corrected chi connectivity index (χ2v) is 9.91. The quantitative estimate of drug-likeness (QED) is 0.148. The zero-order valence-corrected chi connectivity index (χ0v) is 24.6. The summed E-state index contributed by atoms with van der Waals surface area (Å²) < 4.78 is 50.2. The summed E-state index contributed by atoms with van der Waals surface area (Å²) in [6.45, 7) is 2.32. The molecule has 3 N–H and O–H groups in total. The summed E-state index contributed by atoms with van der Waals surface area (Å²) in [5.41, 5.74) is 3.10. The van der Waals surface area contributed by atoms with E-state index < -0.39 is 17.6 Å². The molecule has 9 nitrogen and oxygen atoms in total. The SMILES string of the molecule is COc1ccc(CNc2cc(-c3cccnc3Nc3cc(NC(=O)c4cccc(C(F)(F)F)c4)ccc3C)ncn2)c(OC)c1. The van der Waals surface area contributed by atoms with E-state index in [0.29, 0.717) is 52.3 Å². The number of rotatable bonds is 10. The van der Waals surface area contributed by atoms with Gasteiger partial charge in [-0.2, -0.15) is 13.2 Å². The van der Waals surface area contributed by atoms with E-state index in [9.17, 15) is 18.0 Å². The van der Waals surface area contributed by atoms with Gasteiger partial charge >= 0.3 is 6.18 Å². The molecule has 45 heavy (non-hydrogen) atoms. The molecule has 0 aliphatic heterocycles. The first-order valence-electron chi connectivity index (χ1n) is 13.7. The number of pyridine rings is 1. The Hall–Kier alpha value is -5.65. The van der Waals surface area contributed by atoms with Crippen LogP contribution >= 0.6 is 0 Å². The fourth-order valence-electron chi connectivity index (χ4n) is 4.50. The Morgan fingerprint density at radius 1 is 0.889 bits per heavy atom. The van der Waals surface area contributed by atoms with Crippen LogP contribution in [0.4, 0.5) is 36.2 Å². The lowest BCUT2D eigenvalue weighted by Crippen LogP contribution is -2.14. The molecule has 0 radical (unpaired) electrons. The van der Waals surface area contributed by atoms with Crippen molar-refractivity contribution in [1.29, 1.82) is 0 Å². The minimum absolute atomic E-state index is 0.106. The molecule has 0 saturated heterocycles. The molecule has 12 heteroatoms. The van der Waals surface area contributed by atoms with Crippen molar-refractivity contribution in [2.24, 2.45) is 0 Å². The Balaban J connectivity index is 1.34. The Morgan fingerprint density at radius 3 is 2.51 bits per heavy atom. The standard InChI is InChI=1S/C33H29F3N6O3/c1-20-9-11-24(41-32(43)21-6-4-7-23(14-21)33(34,35)36)15-27(20)42-31-26(8-5-13-37-31)28-17-30(40-19-39-28)38-18-22-10-12-25(44-2)16-29(22)45-3/h4-17,19H,18H2,1-3H3,(H,37,42)(H,41,43)(H,38,39,40). The van der Waals surface area contributed by atoms with Gasteiger partial charge in [0.25, 0.3) is 5.91 Å². The second kappa shape index (κ2) is 13.3. The van der Waals surface area contributed by atoms with Gasteiger partial charge in [0.15, 0.2) is 0 Å². The maximum Gasteiger partial charge on any atom is 0.416 e. The van der Waals surface area contributed by atoms with Crippen LogP contribution in [0.15, 0.2) is 91.4 Å². The van der Waals surface area contributed by atoms with Crippen molar-refractivity contribution in [2.45, 2.75) is 19.6 Å².